The number of carbonyl (C=O) groups excluding carboxylic acids is 1. The SMILES string of the molecule is Cc1cc(NC(=O)N[C@H](C)C[C@@H](O)c2cccs2)ccc1Oc1cccnc1. The van der Waals surface area contributed by atoms with Crippen molar-refractivity contribution in [3.8, 4) is 11.5 Å². The van der Waals surface area contributed by atoms with E-state index in [-0.39, 0.29) is 12.1 Å². The standard InChI is InChI=1S/C21H23N3O3S/c1-14-11-16(7-8-19(14)27-17-5-3-9-22-13-17)24-21(26)23-15(2)12-18(25)20-6-4-10-28-20/h3-11,13,15,18,25H,12H2,1-2H3,(H2,23,24,26)/t15-,18-/m1/s1. The monoisotopic (exact) mass is 397 g/mol. The lowest BCUT2D eigenvalue weighted by atomic mass is 10.1. The molecule has 0 fully saturated rings. The molecule has 0 aliphatic rings. The number of urea groups is 1. The van der Waals surface area contributed by atoms with E-state index in [2.05, 4.69) is 15.6 Å². The smallest absolute Gasteiger partial charge is 0.319 e. The molecule has 0 aliphatic carbocycles. The molecule has 3 N–H and O–H groups in total. The van der Waals surface area contributed by atoms with Crippen molar-refractivity contribution in [3.05, 3.63) is 70.7 Å². The molecule has 28 heavy (non-hydrogen) atoms. The van der Waals surface area contributed by atoms with E-state index in [9.17, 15) is 9.90 Å². The summed E-state index contributed by atoms with van der Waals surface area (Å²) in [5.74, 6) is 1.36. The Morgan fingerprint density at radius 3 is 2.82 bits per heavy atom. The van der Waals surface area contributed by atoms with Crippen LogP contribution in [-0.4, -0.2) is 22.2 Å². The van der Waals surface area contributed by atoms with Gasteiger partial charge in [-0.3, -0.25) is 4.98 Å². The topological polar surface area (TPSA) is 83.5 Å². The Morgan fingerprint density at radius 1 is 1.29 bits per heavy atom. The first-order valence-electron chi connectivity index (χ1n) is 8.99. The zero-order chi connectivity index (χ0) is 19.9. The summed E-state index contributed by atoms with van der Waals surface area (Å²) in [4.78, 5) is 17.2. The van der Waals surface area contributed by atoms with E-state index in [1.54, 1.807) is 18.5 Å². The van der Waals surface area contributed by atoms with Gasteiger partial charge in [-0.25, -0.2) is 4.79 Å². The van der Waals surface area contributed by atoms with Crippen LogP contribution in [0.15, 0.2) is 60.2 Å². The van der Waals surface area contributed by atoms with Crippen LogP contribution in [0.2, 0.25) is 0 Å². The molecule has 6 nitrogen and oxygen atoms in total. The summed E-state index contributed by atoms with van der Waals surface area (Å²) in [6.45, 7) is 3.78. The van der Waals surface area contributed by atoms with E-state index in [0.717, 1.165) is 10.4 Å². The van der Waals surface area contributed by atoms with E-state index in [4.69, 9.17) is 4.74 Å². The Hall–Kier alpha value is -2.90. The van der Waals surface area contributed by atoms with Gasteiger partial charge < -0.3 is 20.5 Å². The van der Waals surface area contributed by atoms with Gasteiger partial charge in [0.05, 0.1) is 12.3 Å². The molecule has 0 saturated heterocycles. The minimum atomic E-state index is -0.582. The summed E-state index contributed by atoms with van der Waals surface area (Å²) in [5.41, 5.74) is 1.56. The lowest BCUT2D eigenvalue weighted by Crippen LogP contribution is -2.36. The second kappa shape index (κ2) is 9.34. The van der Waals surface area contributed by atoms with Gasteiger partial charge in [-0.2, -0.15) is 0 Å². The number of carbonyl (C=O) groups is 1. The fourth-order valence-corrected chi connectivity index (χ4v) is 3.48. The molecule has 0 bridgehead atoms. The number of pyridine rings is 1. The van der Waals surface area contributed by atoms with Gasteiger partial charge in [-0.15, -0.1) is 11.3 Å². The predicted octanol–water partition coefficient (Wildman–Crippen LogP) is 4.88. The zero-order valence-electron chi connectivity index (χ0n) is 15.8. The number of hydrogen-bond acceptors (Lipinski definition) is 5. The summed E-state index contributed by atoms with van der Waals surface area (Å²) >= 11 is 1.50. The third-order valence-electron chi connectivity index (χ3n) is 4.12. The van der Waals surface area contributed by atoms with Crippen molar-refractivity contribution in [2.45, 2.75) is 32.4 Å². The van der Waals surface area contributed by atoms with E-state index in [1.807, 2.05) is 55.6 Å². The number of hydrogen-bond donors (Lipinski definition) is 3. The third kappa shape index (κ3) is 5.55. The van der Waals surface area contributed by atoms with Gasteiger partial charge >= 0.3 is 6.03 Å². The molecule has 7 heteroatoms. The van der Waals surface area contributed by atoms with Crippen LogP contribution in [-0.2, 0) is 0 Å². The number of aromatic nitrogens is 1. The summed E-state index contributed by atoms with van der Waals surface area (Å²) in [6.07, 6.45) is 3.20. The molecule has 3 rings (SSSR count). The first-order chi connectivity index (χ1) is 13.5. The van der Waals surface area contributed by atoms with Crippen LogP contribution in [0, 0.1) is 6.92 Å². The zero-order valence-corrected chi connectivity index (χ0v) is 16.6. The van der Waals surface area contributed by atoms with Gasteiger partial charge in [0.25, 0.3) is 0 Å². The maximum absolute atomic E-state index is 12.2. The molecular formula is C21H23N3O3S. The second-order valence-electron chi connectivity index (χ2n) is 6.54. The number of anilines is 1. The number of aryl methyl sites for hydroxylation is 1. The Morgan fingerprint density at radius 2 is 2.14 bits per heavy atom. The third-order valence-corrected chi connectivity index (χ3v) is 5.09. The number of nitrogens with zero attached hydrogens (tertiary/aromatic N) is 1. The normalized spacial score (nSPS) is 12.8. The highest BCUT2D eigenvalue weighted by molar-refractivity contribution is 7.10. The van der Waals surface area contributed by atoms with Crippen molar-refractivity contribution >= 4 is 23.1 Å². The molecule has 0 radical (unpaired) electrons. The van der Waals surface area contributed by atoms with E-state index in [0.29, 0.717) is 23.6 Å². The van der Waals surface area contributed by atoms with Gasteiger partial charge in [-0.1, -0.05) is 6.07 Å². The molecule has 2 aromatic heterocycles. The van der Waals surface area contributed by atoms with Crippen LogP contribution in [0.4, 0.5) is 10.5 Å². The Kier molecular flexibility index (Phi) is 6.62. The number of benzene rings is 1. The molecule has 0 unspecified atom stereocenters. The van der Waals surface area contributed by atoms with Gasteiger partial charge in [0.2, 0.25) is 0 Å². The van der Waals surface area contributed by atoms with Gasteiger partial charge in [0, 0.05) is 22.8 Å². The van der Waals surface area contributed by atoms with Crippen molar-refractivity contribution in [1.82, 2.24) is 10.3 Å². The number of aliphatic hydroxyl groups excluding tert-OH is 1. The van der Waals surface area contributed by atoms with E-state index >= 15 is 0 Å². The van der Waals surface area contributed by atoms with E-state index < -0.39 is 6.10 Å². The minimum Gasteiger partial charge on any atom is -0.455 e. The molecule has 0 spiro atoms. The van der Waals surface area contributed by atoms with Crippen LogP contribution >= 0.6 is 11.3 Å². The Labute approximate surface area is 168 Å². The molecule has 146 valence electrons. The molecule has 1 aromatic carbocycles. The largest absolute Gasteiger partial charge is 0.455 e. The average molecular weight is 398 g/mol. The fourth-order valence-electron chi connectivity index (χ4n) is 2.76. The summed E-state index contributed by atoms with van der Waals surface area (Å²) in [5, 5.41) is 17.8. The molecular weight excluding hydrogens is 374 g/mol. The highest BCUT2D eigenvalue weighted by atomic mass is 32.1. The first kappa shape index (κ1) is 19.9. The van der Waals surface area contributed by atoms with Crippen molar-refractivity contribution in [3.63, 3.8) is 0 Å². The second-order valence-corrected chi connectivity index (χ2v) is 7.52. The number of nitrogens with one attached hydrogen (secondary N) is 2. The van der Waals surface area contributed by atoms with Crippen molar-refractivity contribution in [1.29, 1.82) is 0 Å². The van der Waals surface area contributed by atoms with Crippen molar-refractivity contribution in [2.75, 3.05) is 5.32 Å². The number of thiophene rings is 1. The molecule has 2 amide bonds. The highest BCUT2D eigenvalue weighted by Gasteiger charge is 2.15. The van der Waals surface area contributed by atoms with Crippen LogP contribution in [0.25, 0.3) is 0 Å². The highest BCUT2D eigenvalue weighted by Crippen LogP contribution is 2.27. The lowest BCUT2D eigenvalue weighted by molar-refractivity contribution is 0.158. The van der Waals surface area contributed by atoms with Crippen LogP contribution in [0.5, 0.6) is 11.5 Å². The molecule has 3 aromatic rings. The van der Waals surface area contributed by atoms with Crippen LogP contribution < -0.4 is 15.4 Å². The Balaban J connectivity index is 1.53. The molecule has 0 aliphatic heterocycles. The summed E-state index contributed by atoms with van der Waals surface area (Å²) in [6, 6.07) is 12.4. The average Bonchev–Trinajstić information content (AvgIpc) is 3.19. The number of amides is 2. The van der Waals surface area contributed by atoms with Crippen LogP contribution in [0.3, 0.4) is 0 Å². The quantitative estimate of drug-likeness (QED) is 0.531. The fraction of sp³-hybridized carbons (Fsp3) is 0.238. The number of rotatable bonds is 7. The van der Waals surface area contributed by atoms with Gasteiger partial charge in [-0.05, 0) is 67.6 Å². The molecule has 2 heterocycles. The maximum atomic E-state index is 12.2. The number of ether oxygens (including phenoxy) is 1. The van der Waals surface area contributed by atoms with Crippen molar-refractivity contribution < 1.29 is 14.6 Å². The van der Waals surface area contributed by atoms with Crippen molar-refractivity contribution in [2.24, 2.45) is 0 Å². The molecule has 2 atom stereocenters. The predicted molar refractivity (Wildman–Crippen MR) is 111 cm³/mol. The van der Waals surface area contributed by atoms with Gasteiger partial charge in [0.1, 0.15) is 11.5 Å². The number of aliphatic hydroxyl groups is 1. The first-order valence-corrected chi connectivity index (χ1v) is 9.87. The van der Waals surface area contributed by atoms with Crippen LogP contribution in [0.1, 0.15) is 29.9 Å². The summed E-state index contributed by atoms with van der Waals surface area (Å²) in [7, 11) is 0. The Bertz CT molecular complexity index is 901. The lowest BCUT2D eigenvalue weighted by Gasteiger charge is -2.18. The molecule has 0 saturated carbocycles. The van der Waals surface area contributed by atoms with E-state index in [1.165, 1.54) is 11.3 Å². The van der Waals surface area contributed by atoms with Gasteiger partial charge in [0.15, 0.2) is 0 Å². The minimum absolute atomic E-state index is 0.175. The maximum Gasteiger partial charge on any atom is 0.319 e. The summed E-state index contributed by atoms with van der Waals surface area (Å²) < 4.78 is 5.80.